The van der Waals surface area contributed by atoms with Gasteiger partial charge in [0.05, 0.1) is 12.1 Å². The van der Waals surface area contributed by atoms with E-state index in [1.165, 1.54) is 19.4 Å². The van der Waals surface area contributed by atoms with Crippen molar-refractivity contribution in [3.63, 3.8) is 0 Å². The second-order valence-electron chi connectivity index (χ2n) is 5.49. The second kappa shape index (κ2) is 13.8. The minimum absolute atomic E-state index is 0.108. The predicted octanol–water partition coefficient (Wildman–Crippen LogP) is 3.27. The van der Waals surface area contributed by atoms with Crippen molar-refractivity contribution in [1.29, 1.82) is 0 Å². The van der Waals surface area contributed by atoms with Crippen molar-refractivity contribution in [2.75, 3.05) is 18.8 Å². The van der Waals surface area contributed by atoms with Gasteiger partial charge in [0.1, 0.15) is 0 Å². The molecule has 0 saturated carbocycles. The first kappa shape index (κ1) is 22.4. The Hall–Kier alpha value is -1.60. The van der Waals surface area contributed by atoms with Crippen molar-refractivity contribution < 1.29 is 13.0 Å². The van der Waals surface area contributed by atoms with Crippen LogP contribution in [0.4, 0.5) is 0 Å². The van der Waals surface area contributed by atoms with Gasteiger partial charge in [-0.05, 0) is 25.1 Å². The van der Waals surface area contributed by atoms with E-state index >= 15 is 0 Å². The molecule has 0 radical (unpaired) electrons. The Bertz CT molecular complexity index is 552. The maximum atomic E-state index is 9.95. The van der Waals surface area contributed by atoms with E-state index in [0.29, 0.717) is 6.42 Å². The summed E-state index contributed by atoms with van der Waals surface area (Å²) in [7, 11) is -1.75. The van der Waals surface area contributed by atoms with E-state index in [0.717, 1.165) is 13.0 Å². The van der Waals surface area contributed by atoms with Crippen LogP contribution in [0.15, 0.2) is 43.1 Å². The molecule has 138 valence electrons. The van der Waals surface area contributed by atoms with Crippen LogP contribution < -0.4 is 0 Å². The van der Waals surface area contributed by atoms with Crippen LogP contribution in [0.1, 0.15) is 39.5 Å². The van der Waals surface area contributed by atoms with Gasteiger partial charge in [-0.2, -0.15) is 8.42 Å². The summed E-state index contributed by atoms with van der Waals surface area (Å²) in [5.74, 6) is -0.108. The third-order valence-electron chi connectivity index (χ3n) is 3.08. The lowest BCUT2D eigenvalue weighted by atomic mass is 10.3. The SMILES string of the molecule is CCCCN1C=CC=CC1.CCCCS(=O)(=O)O.Cn1ccnc1. The van der Waals surface area contributed by atoms with Crippen LogP contribution in [0.25, 0.3) is 0 Å². The molecule has 0 fully saturated rings. The summed E-state index contributed by atoms with van der Waals surface area (Å²) < 4.78 is 29.9. The van der Waals surface area contributed by atoms with Crippen molar-refractivity contribution >= 4 is 10.1 Å². The molecule has 1 aliphatic heterocycles. The minimum atomic E-state index is -3.69. The molecule has 0 aromatic carbocycles. The number of rotatable bonds is 6. The molecule has 1 aliphatic rings. The molecule has 1 aromatic heterocycles. The standard InChI is InChI=1S/C9H15N.C4H6N2.C4H10O3S/c1-2-3-7-10-8-5-4-6-9-10;1-6-3-2-5-4-6;1-2-3-4-8(5,6)7/h4-6,8H,2-3,7,9H2,1H3;2-4H,1H3;2-4H2,1H3,(H,5,6,7). The van der Waals surface area contributed by atoms with E-state index in [-0.39, 0.29) is 5.75 Å². The first-order valence-corrected chi connectivity index (χ1v) is 9.94. The zero-order valence-electron chi connectivity index (χ0n) is 15.0. The highest BCUT2D eigenvalue weighted by molar-refractivity contribution is 7.85. The van der Waals surface area contributed by atoms with Gasteiger partial charge in [0.2, 0.25) is 0 Å². The molecule has 1 aromatic rings. The fraction of sp³-hybridized carbons (Fsp3) is 0.588. The Morgan fingerprint density at radius 1 is 1.17 bits per heavy atom. The molecule has 0 bridgehead atoms. The van der Waals surface area contributed by atoms with Gasteiger partial charge in [0.25, 0.3) is 10.1 Å². The smallest absolute Gasteiger partial charge is 0.264 e. The molecule has 0 saturated heterocycles. The maximum absolute atomic E-state index is 9.95. The first-order chi connectivity index (χ1) is 11.4. The summed E-state index contributed by atoms with van der Waals surface area (Å²) in [6.07, 6.45) is 17.9. The lowest BCUT2D eigenvalue weighted by Crippen LogP contribution is -2.19. The minimum Gasteiger partial charge on any atom is -0.374 e. The van der Waals surface area contributed by atoms with Gasteiger partial charge >= 0.3 is 0 Å². The summed E-state index contributed by atoms with van der Waals surface area (Å²) >= 11 is 0. The largest absolute Gasteiger partial charge is 0.374 e. The van der Waals surface area contributed by atoms with Gasteiger partial charge in [-0.15, -0.1) is 0 Å². The van der Waals surface area contributed by atoms with Gasteiger partial charge in [0, 0.05) is 32.5 Å². The highest BCUT2D eigenvalue weighted by Crippen LogP contribution is 2.00. The molecular weight excluding hydrogens is 326 g/mol. The fourth-order valence-corrected chi connectivity index (χ4v) is 2.34. The quantitative estimate of drug-likeness (QED) is 0.791. The lowest BCUT2D eigenvalue weighted by molar-refractivity contribution is 0.401. The third kappa shape index (κ3) is 15.3. The van der Waals surface area contributed by atoms with Gasteiger partial charge in [-0.25, -0.2) is 4.98 Å². The molecular formula is C17H31N3O3S. The van der Waals surface area contributed by atoms with E-state index < -0.39 is 10.1 Å². The predicted molar refractivity (Wildman–Crippen MR) is 99.3 cm³/mol. The van der Waals surface area contributed by atoms with Crippen LogP contribution in [-0.4, -0.2) is 46.3 Å². The van der Waals surface area contributed by atoms with Crippen molar-refractivity contribution in [1.82, 2.24) is 14.5 Å². The summed E-state index contributed by atoms with van der Waals surface area (Å²) in [5, 5.41) is 0. The van der Waals surface area contributed by atoms with Crippen molar-refractivity contribution in [2.45, 2.75) is 39.5 Å². The molecule has 2 rings (SSSR count). The molecule has 7 heteroatoms. The van der Waals surface area contributed by atoms with Crippen molar-refractivity contribution in [2.24, 2.45) is 7.05 Å². The molecule has 0 unspecified atom stereocenters. The topological polar surface area (TPSA) is 75.4 Å². The summed E-state index contributed by atoms with van der Waals surface area (Å²) in [6, 6.07) is 0. The van der Waals surface area contributed by atoms with E-state index in [9.17, 15) is 8.42 Å². The Morgan fingerprint density at radius 3 is 2.21 bits per heavy atom. The summed E-state index contributed by atoms with van der Waals surface area (Å²) in [6.45, 7) is 6.39. The number of aromatic nitrogens is 2. The molecule has 0 atom stereocenters. The van der Waals surface area contributed by atoms with Crippen LogP contribution in [0.3, 0.4) is 0 Å². The number of imidazole rings is 1. The third-order valence-corrected chi connectivity index (χ3v) is 3.88. The molecule has 6 nitrogen and oxygen atoms in total. The van der Waals surface area contributed by atoms with E-state index in [4.69, 9.17) is 4.55 Å². The number of unbranched alkanes of at least 4 members (excludes halogenated alkanes) is 2. The van der Waals surface area contributed by atoms with Crippen LogP contribution in [0, 0.1) is 0 Å². The number of aryl methyl sites for hydroxylation is 1. The zero-order valence-corrected chi connectivity index (χ0v) is 15.8. The summed E-state index contributed by atoms with van der Waals surface area (Å²) in [4.78, 5) is 6.12. The molecule has 2 heterocycles. The normalized spacial score (nSPS) is 12.9. The Balaban J connectivity index is 0.000000342. The van der Waals surface area contributed by atoms with Gasteiger partial charge < -0.3 is 9.47 Å². The number of allylic oxidation sites excluding steroid dienone is 2. The van der Waals surface area contributed by atoms with Gasteiger partial charge in [-0.1, -0.05) is 38.8 Å². The van der Waals surface area contributed by atoms with E-state index in [1.807, 2.05) is 24.7 Å². The molecule has 0 spiro atoms. The molecule has 24 heavy (non-hydrogen) atoms. The monoisotopic (exact) mass is 357 g/mol. The van der Waals surface area contributed by atoms with Crippen LogP contribution in [0.5, 0.6) is 0 Å². The Kier molecular flexibility index (Phi) is 12.9. The fourth-order valence-electron chi connectivity index (χ4n) is 1.69. The highest BCUT2D eigenvalue weighted by Gasteiger charge is 2.00. The summed E-state index contributed by atoms with van der Waals surface area (Å²) in [5.41, 5.74) is 0. The van der Waals surface area contributed by atoms with E-state index in [1.54, 1.807) is 12.5 Å². The van der Waals surface area contributed by atoms with Crippen molar-refractivity contribution in [3.8, 4) is 0 Å². The average Bonchev–Trinajstić information content (AvgIpc) is 3.03. The zero-order chi connectivity index (χ0) is 18.3. The van der Waals surface area contributed by atoms with Gasteiger partial charge in [-0.3, -0.25) is 4.55 Å². The van der Waals surface area contributed by atoms with Crippen LogP contribution in [-0.2, 0) is 17.2 Å². The first-order valence-electron chi connectivity index (χ1n) is 8.33. The lowest BCUT2D eigenvalue weighted by Gasteiger charge is -2.19. The van der Waals surface area contributed by atoms with E-state index in [2.05, 4.69) is 41.2 Å². The molecule has 0 aliphatic carbocycles. The number of nitrogens with zero attached hydrogens (tertiary/aromatic N) is 3. The maximum Gasteiger partial charge on any atom is 0.264 e. The van der Waals surface area contributed by atoms with Crippen molar-refractivity contribution in [3.05, 3.63) is 43.1 Å². The average molecular weight is 358 g/mol. The van der Waals surface area contributed by atoms with Gasteiger partial charge in [0.15, 0.2) is 0 Å². The molecule has 0 amide bonds. The second-order valence-corrected chi connectivity index (χ2v) is 7.06. The van der Waals surface area contributed by atoms with Crippen LogP contribution in [0.2, 0.25) is 0 Å². The Morgan fingerprint density at radius 2 is 1.88 bits per heavy atom. The molecule has 1 N–H and O–H groups in total. The number of hydrogen-bond donors (Lipinski definition) is 1. The van der Waals surface area contributed by atoms with Crippen LogP contribution >= 0.6 is 0 Å². The Labute approximate surface area is 146 Å². The number of hydrogen-bond acceptors (Lipinski definition) is 4. The highest BCUT2D eigenvalue weighted by atomic mass is 32.2.